The van der Waals surface area contributed by atoms with Gasteiger partial charge < -0.3 is 10.7 Å². The Morgan fingerprint density at radius 2 is 2.15 bits per heavy atom. The topological polar surface area (TPSA) is 58.9 Å². The fourth-order valence-corrected chi connectivity index (χ4v) is 0.868. The molecule has 6 heteroatoms. The fraction of sp³-hybridized carbons (Fsp3) is 0.286. The van der Waals surface area contributed by atoms with Gasteiger partial charge in [0, 0.05) is 12.7 Å². The van der Waals surface area contributed by atoms with Crippen LogP contribution in [0.2, 0.25) is 0 Å². The molecular weight excluding hydrogens is 185 g/mol. The number of aromatic nitrogens is 1. The van der Waals surface area contributed by atoms with E-state index in [-0.39, 0.29) is 12.2 Å². The smallest absolute Gasteiger partial charge is 0.269 e. The second-order valence-electron chi connectivity index (χ2n) is 2.37. The van der Waals surface area contributed by atoms with Crippen molar-refractivity contribution in [2.45, 2.75) is 13.0 Å². The van der Waals surface area contributed by atoms with E-state index in [2.05, 4.69) is 4.98 Å². The number of hydrogen-bond acceptors (Lipinski definition) is 2. The Kier molecular flexibility index (Phi) is 2.72. The number of nitrogens with two attached hydrogens (primary N) is 1. The number of hydrogen-bond donors (Lipinski definition) is 2. The summed E-state index contributed by atoms with van der Waals surface area (Å²) < 4.78 is 36.9. The first kappa shape index (κ1) is 9.79. The van der Waals surface area contributed by atoms with Gasteiger partial charge in [-0.25, -0.2) is 13.2 Å². The van der Waals surface area contributed by atoms with Crippen LogP contribution in [0.15, 0.2) is 11.0 Å². The minimum Gasteiger partial charge on any atom is -0.361 e. The van der Waals surface area contributed by atoms with Crippen molar-refractivity contribution in [2.75, 3.05) is 0 Å². The Bertz CT molecular complexity index is 361. The summed E-state index contributed by atoms with van der Waals surface area (Å²) in [6.07, 6.45) is -2.21. The molecule has 0 saturated carbocycles. The normalized spacial score (nSPS) is 10.8. The van der Waals surface area contributed by atoms with Crippen molar-refractivity contribution in [1.29, 1.82) is 0 Å². The Balaban J connectivity index is 3.32. The molecule has 0 radical (unpaired) electrons. The molecule has 1 heterocycles. The van der Waals surface area contributed by atoms with Gasteiger partial charge in [-0.1, -0.05) is 0 Å². The van der Waals surface area contributed by atoms with Crippen LogP contribution in [0.3, 0.4) is 0 Å². The molecule has 0 atom stereocenters. The molecular formula is C7H7F3N2O. The number of alkyl halides is 2. The van der Waals surface area contributed by atoms with Gasteiger partial charge in [0.25, 0.3) is 6.43 Å². The molecule has 1 aromatic heterocycles. The molecule has 0 saturated heterocycles. The van der Waals surface area contributed by atoms with E-state index in [4.69, 9.17) is 5.73 Å². The second kappa shape index (κ2) is 3.61. The number of pyridine rings is 1. The van der Waals surface area contributed by atoms with Crippen LogP contribution in [0, 0.1) is 5.82 Å². The van der Waals surface area contributed by atoms with Gasteiger partial charge >= 0.3 is 0 Å². The van der Waals surface area contributed by atoms with Gasteiger partial charge in [0.15, 0.2) is 5.82 Å². The lowest BCUT2D eigenvalue weighted by Gasteiger charge is -2.02. The largest absolute Gasteiger partial charge is 0.361 e. The highest BCUT2D eigenvalue weighted by Gasteiger charge is 2.16. The molecule has 0 amide bonds. The van der Waals surface area contributed by atoms with Gasteiger partial charge in [-0.3, -0.25) is 4.79 Å². The van der Waals surface area contributed by atoms with Gasteiger partial charge in [0.1, 0.15) is 0 Å². The highest BCUT2D eigenvalue weighted by Crippen LogP contribution is 2.14. The maximum atomic E-state index is 12.9. The third kappa shape index (κ3) is 1.72. The van der Waals surface area contributed by atoms with Crippen LogP contribution in [-0.4, -0.2) is 4.98 Å². The van der Waals surface area contributed by atoms with Gasteiger partial charge in [-0.05, 0) is 0 Å². The van der Waals surface area contributed by atoms with E-state index in [1.807, 2.05) is 0 Å². The lowest BCUT2D eigenvalue weighted by atomic mass is 10.2. The number of H-pyrrole nitrogens is 1. The second-order valence-corrected chi connectivity index (χ2v) is 2.37. The van der Waals surface area contributed by atoms with Crippen molar-refractivity contribution in [2.24, 2.45) is 5.73 Å². The zero-order valence-electron chi connectivity index (χ0n) is 6.48. The molecule has 1 rings (SSSR count). The molecule has 3 N–H and O–H groups in total. The van der Waals surface area contributed by atoms with E-state index < -0.39 is 23.2 Å². The van der Waals surface area contributed by atoms with Crippen LogP contribution in [-0.2, 0) is 6.54 Å². The quantitative estimate of drug-likeness (QED) is 0.731. The zero-order valence-corrected chi connectivity index (χ0v) is 6.48. The van der Waals surface area contributed by atoms with Crippen molar-refractivity contribution >= 4 is 0 Å². The summed E-state index contributed by atoms with van der Waals surface area (Å²) in [5, 5.41) is 0. The molecule has 0 aliphatic rings. The van der Waals surface area contributed by atoms with Crippen LogP contribution in [0.25, 0.3) is 0 Å². The van der Waals surface area contributed by atoms with Gasteiger partial charge in [0.05, 0.1) is 11.3 Å². The highest BCUT2D eigenvalue weighted by molar-refractivity contribution is 5.17. The van der Waals surface area contributed by atoms with E-state index in [0.29, 0.717) is 0 Å². The van der Waals surface area contributed by atoms with Crippen molar-refractivity contribution in [1.82, 2.24) is 4.98 Å². The molecule has 0 aromatic carbocycles. The molecule has 0 aliphatic carbocycles. The summed E-state index contributed by atoms with van der Waals surface area (Å²) in [6.45, 7) is -0.232. The van der Waals surface area contributed by atoms with Gasteiger partial charge in [0.2, 0.25) is 5.43 Å². The van der Waals surface area contributed by atoms with Crippen LogP contribution in [0.5, 0.6) is 0 Å². The van der Waals surface area contributed by atoms with Crippen LogP contribution in [0.1, 0.15) is 17.7 Å². The van der Waals surface area contributed by atoms with E-state index in [9.17, 15) is 18.0 Å². The summed E-state index contributed by atoms with van der Waals surface area (Å²) in [5.74, 6) is -1.24. The number of halogens is 3. The molecule has 0 unspecified atom stereocenters. The Labute approximate surface area is 71.4 Å². The molecule has 0 fully saturated rings. The predicted octanol–water partition coefficient (Wildman–Crippen LogP) is 0.910. The molecule has 1 aromatic rings. The van der Waals surface area contributed by atoms with E-state index in [1.54, 1.807) is 0 Å². The average Bonchev–Trinajstić information content (AvgIpc) is 2.09. The van der Waals surface area contributed by atoms with Crippen molar-refractivity contribution in [3.63, 3.8) is 0 Å². The molecule has 0 aliphatic heterocycles. The lowest BCUT2D eigenvalue weighted by molar-refractivity contribution is 0.149. The number of nitrogens with one attached hydrogen (secondary N) is 1. The van der Waals surface area contributed by atoms with Crippen LogP contribution < -0.4 is 11.2 Å². The first-order chi connectivity index (χ1) is 6.07. The Morgan fingerprint density at radius 3 is 2.62 bits per heavy atom. The maximum absolute atomic E-state index is 12.9. The van der Waals surface area contributed by atoms with Crippen molar-refractivity contribution in [3.05, 3.63) is 33.5 Å². The third-order valence-electron chi connectivity index (χ3n) is 1.57. The molecule has 3 nitrogen and oxygen atoms in total. The van der Waals surface area contributed by atoms with E-state index in [0.717, 1.165) is 6.20 Å². The SMILES string of the molecule is NCc1[nH]cc(C(F)F)c(=O)c1F. The standard InChI is InChI=1S/C7H7F3N2O/c8-5-4(1-11)12-2-3(6(5)13)7(9)10/h2,7H,1,11H2,(H,12,13). The van der Waals surface area contributed by atoms with Crippen molar-refractivity contribution in [3.8, 4) is 0 Å². The minimum absolute atomic E-state index is 0.172. The summed E-state index contributed by atoms with van der Waals surface area (Å²) in [4.78, 5) is 13.1. The molecule has 0 spiro atoms. The molecule has 0 bridgehead atoms. The predicted molar refractivity (Wildman–Crippen MR) is 39.9 cm³/mol. The van der Waals surface area contributed by atoms with E-state index >= 15 is 0 Å². The lowest BCUT2D eigenvalue weighted by Crippen LogP contribution is -2.19. The van der Waals surface area contributed by atoms with Crippen LogP contribution in [0.4, 0.5) is 13.2 Å². The fourth-order valence-electron chi connectivity index (χ4n) is 0.868. The monoisotopic (exact) mass is 192 g/mol. The highest BCUT2D eigenvalue weighted by atomic mass is 19.3. The van der Waals surface area contributed by atoms with Crippen LogP contribution >= 0.6 is 0 Å². The van der Waals surface area contributed by atoms with Gasteiger partial charge in [-0.2, -0.15) is 0 Å². The summed E-state index contributed by atoms with van der Waals surface area (Å²) in [7, 11) is 0. The maximum Gasteiger partial charge on any atom is 0.269 e. The van der Waals surface area contributed by atoms with E-state index in [1.165, 1.54) is 0 Å². The Morgan fingerprint density at radius 1 is 1.54 bits per heavy atom. The first-order valence-corrected chi connectivity index (χ1v) is 3.46. The summed E-state index contributed by atoms with van der Waals surface area (Å²) >= 11 is 0. The first-order valence-electron chi connectivity index (χ1n) is 3.46. The minimum atomic E-state index is -2.98. The zero-order chi connectivity index (χ0) is 10.0. The molecule has 13 heavy (non-hydrogen) atoms. The molecule has 72 valence electrons. The Hall–Kier alpha value is -1.30. The van der Waals surface area contributed by atoms with Gasteiger partial charge in [-0.15, -0.1) is 0 Å². The average molecular weight is 192 g/mol. The number of rotatable bonds is 2. The third-order valence-corrected chi connectivity index (χ3v) is 1.57. The summed E-state index contributed by atoms with van der Waals surface area (Å²) in [6, 6.07) is 0. The van der Waals surface area contributed by atoms with Crippen molar-refractivity contribution < 1.29 is 13.2 Å². The number of aromatic amines is 1. The summed E-state index contributed by atoms with van der Waals surface area (Å²) in [5.41, 5.74) is 2.70.